The summed E-state index contributed by atoms with van der Waals surface area (Å²) in [6, 6.07) is 6.14. The van der Waals surface area contributed by atoms with Gasteiger partial charge in [-0.05, 0) is 30.0 Å². The molecule has 1 heterocycles. The van der Waals surface area contributed by atoms with Crippen molar-refractivity contribution in [3.8, 4) is 0 Å². The van der Waals surface area contributed by atoms with Gasteiger partial charge in [0.05, 0.1) is 0 Å². The maximum atomic E-state index is 12.8. The van der Waals surface area contributed by atoms with Crippen LogP contribution in [0, 0.1) is 6.92 Å². The van der Waals surface area contributed by atoms with Crippen LogP contribution in [-0.4, -0.2) is 47.8 Å². The summed E-state index contributed by atoms with van der Waals surface area (Å²) in [5.41, 5.74) is 3.00. The molecule has 0 radical (unpaired) electrons. The van der Waals surface area contributed by atoms with Crippen LogP contribution >= 0.6 is 0 Å². The zero-order chi connectivity index (χ0) is 16.3. The highest BCUT2D eigenvalue weighted by atomic mass is 16.2. The lowest BCUT2D eigenvalue weighted by molar-refractivity contribution is -0.132. The fraction of sp³-hybridized carbons (Fsp3) is 0.556. The van der Waals surface area contributed by atoms with E-state index in [1.165, 1.54) is 5.56 Å². The van der Waals surface area contributed by atoms with Crippen molar-refractivity contribution in [1.29, 1.82) is 0 Å². The zero-order valence-electron chi connectivity index (χ0n) is 14.1. The number of rotatable bonds is 3. The summed E-state index contributed by atoms with van der Waals surface area (Å²) >= 11 is 0. The molecule has 1 aromatic carbocycles. The molecule has 2 amide bonds. The largest absolute Gasteiger partial charge is 0.339 e. The third kappa shape index (κ3) is 3.49. The molecule has 0 spiro atoms. The fourth-order valence-corrected chi connectivity index (χ4v) is 2.78. The summed E-state index contributed by atoms with van der Waals surface area (Å²) in [6.07, 6.45) is 0.531. The molecule has 0 aromatic heterocycles. The molecule has 1 aromatic rings. The van der Waals surface area contributed by atoms with Crippen LogP contribution in [0.15, 0.2) is 18.2 Å². The first kappa shape index (κ1) is 16.5. The number of nitrogens with zero attached hydrogens (tertiary/aromatic N) is 2. The number of carbonyl (C=O) groups excluding carboxylic acids is 2. The summed E-state index contributed by atoms with van der Waals surface area (Å²) < 4.78 is 0. The summed E-state index contributed by atoms with van der Waals surface area (Å²) in [5, 5.41) is 0. The van der Waals surface area contributed by atoms with Crippen molar-refractivity contribution in [2.24, 2.45) is 0 Å². The second-order valence-corrected chi connectivity index (χ2v) is 6.26. The Morgan fingerprint density at radius 1 is 1.09 bits per heavy atom. The van der Waals surface area contributed by atoms with Gasteiger partial charge in [-0.2, -0.15) is 0 Å². The topological polar surface area (TPSA) is 40.6 Å². The molecule has 0 unspecified atom stereocenters. The Morgan fingerprint density at radius 3 is 2.23 bits per heavy atom. The third-order valence-corrected chi connectivity index (χ3v) is 4.38. The lowest BCUT2D eigenvalue weighted by atomic mass is 9.97. The smallest absolute Gasteiger partial charge is 0.254 e. The molecule has 2 rings (SSSR count). The van der Waals surface area contributed by atoms with Gasteiger partial charge in [0, 0.05) is 38.2 Å². The van der Waals surface area contributed by atoms with E-state index in [4.69, 9.17) is 0 Å². The Hall–Kier alpha value is -1.84. The maximum Gasteiger partial charge on any atom is 0.254 e. The molecule has 1 fully saturated rings. The van der Waals surface area contributed by atoms with E-state index in [0.717, 1.165) is 11.1 Å². The van der Waals surface area contributed by atoms with Crippen LogP contribution < -0.4 is 0 Å². The first-order chi connectivity index (χ1) is 10.4. The molecule has 0 N–H and O–H groups in total. The van der Waals surface area contributed by atoms with Crippen LogP contribution in [0.3, 0.4) is 0 Å². The summed E-state index contributed by atoms with van der Waals surface area (Å²) in [4.78, 5) is 28.2. The molecule has 0 aliphatic carbocycles. The molecule has 0 saturated carbocycles. The van der Waals surface area contributed by atoms with Gasteiger partial charge < -0.3 is 9.80 Å². The lowest BCUT2D eigenvalue weighted by Gasteiger charge is -2.35. The molecular formula is C18H26N2O2. The summed E-state index contributed by atoms with van der Waals surface area (Å²) in [5.74, 6) is 0.667. The average Bonchev–Trinajstić information content (AvgIpc) is 2.53. The second-order valence-electron chi connectivity index (χ2n) is 6.26. The normalized spacial score (nSPS) is 15.3. The van der Waals surface area contributed by atoms with Crippen molar-refractivity contribution in [1.82, 2.24) is 9.80 Å². The maximum absolute atomic E-state index is 12.8. The van der Waals surface area contributed by atoms with Gasteiger partial charge in [-0.1, -0.05) is 32.9 Å². The zero-order valence-corrected chi connectivity index (χ0v) is 14.1. The van der Waals surface area contributed by atoms with Gasteiger partial charge in [-0.25, -0.2) is 0 Å². The number of benzene rings is 1. The van der Waals surface area contributed by atoms with Gasteiger partial charge in [-0.3, -0.25) is 9.59 Å². The molecule has 4 heteroatoms. The minimum Gasteiger partial charge on any atom is -0.339 e. The van der Waals surface area contributed by atoms with Crippen molar-refractivity contribution in [2.75, 3.05) is 26.2 Å². The third-order valence-electron chi connectivity index (χ3n) is 4.38. The second kappa shape index (κ2) is 6.95. The number of hydrogen-bond acceptors (Lipinski definition) is 2. The first-order valence-corrected chi connectivity index (χ1v) is 8.11. The van der Waals surface area contributed by atoms with Crippen molar-refractivity contribution in [3.05, 3.63) is 34.9 Å². The molecule has 120 valence electrons. The number of aryl methyl sites for hydroxylation is 1. The average molecular weight is 302 g/mol. The van der Waals surface area contributed by atoms with Crippen molar-refractivity contribution >= 4 is 11.8 Å². The highest BCUT2D eigenvalue weighted by molar-refractivity contribution is 5.96. The molecule has 1 aliphatic heterocycles. The highest BCUT2D eigenvalue weighted by Gasteiger charge is 2.25. The Labute approximate surface area is 133 Å². The lowest BCUT2D eigenvalue weighted by Crippen LogP contribution is -2.50. The van der Waals surface area contributed by atoms with E-state index < -0.39 is 0 Å². The fourth-order valence-electron chi connectivity index (χ4n) is 2.78. The van der Waals surface area contributed by atoms with Gasteiger partial charge >= 0.3 is 0 Å². The highest BCUT2D eigenvalue weighted by Crippen LogP contribution is 2.20. The molecule has 0 bridgehead atoms. The van der Waals surface area contributed by atoms with Gasteiger partial charge in [-0.15, -0.1) is 0 Å². The molecule has 22 heavy (non-hydrogen) atoms. The quantitative estimate of drug-likeness (QED) is 0.861. The molecule has 1 saturated heterocycles. The van der Waals surface area contributed by atoms with Gasteiger partial charge in [0.25, 0.3) is 5.91 Å². The van der Waals surface area contributed by atoms with Crippen LogP contribution in [-0.2, 0) is 4.79 Å². The molecule has 4 nitrogen and oxygen atoms in total. The molecule has 1 aliphatic rings. The SMILES string of the molecule is CCC(=O)N1CCN(C(=O)c2cc(C(C)C)ccc2C)CC1. The summed E-state index contributed by atoms with van der Waals surface area (Å²) in [6.45, 7) is 10.6. The van der Waals surface area contributed by atoms with E-state index in [0.29, 0.717) is 38.5 Å². The van der Waals surface area contributed by atoms with Crippen LogP contribution in [0.1, 0.15) is 54.6 Å². The van der Waals surface area contributed by atoms with Crippen molar-refractivity contribution in [2.45, 2.75) is 40.0 Å². The predicted octanol–water partition coefficient (Wildman–Crippen LogP) is 2.81. The van der Waals surface area contributed by atoms with Gasteiger partial charge in [0.2, 0.25) is 5.91 Å². The van der Waals surface area contributed by atoms with Crippen LogP contribution in [0.4, 0.5) is 0 Å². The predicted molar refractivity (Wildman–Crippen MR) is 88.0 cm³/mol. The minimum atomic E-state index is 0.0867. The van der Waals surface area contributed by atoms with E-state index in [1.54, 1.807) is 0 Å². The number of carbonyl (C=O) groups is 2. The standard InChI is InChI=1S/C18H26N2O2/c1-5-17(21)19-8-10-20(11-9-19)18(22)16-12-15(13(2)3)7-6-14(16)4/h6-7,12-13H,5,8-11H2,1-4H3. The van der Waals surface area contributed by atoms with E-state index in [1.807, 2.05) is 35.8 Å². The number of piperazine rings is 1. The number of hydrogen-bond donors (Lipinski definition) is 0. The Kier molecular flexibility index (Phi) is 5.22. The number of amides is 2. The Balaban J connectivity index is 2.10. The van der Waals surface area contributed by atoms with E-state index in [9.17, 15) is 9.59 Å². The van der Waals surface area contributed by atoms with Gasteiger partial charge in [0.15, 0.2) is 0 Å². The first-order valence-electron chi connectivity index (χ1n) is 8.11. The Bertz CT molecular complexity index is 558. The van der Waals surface area contributed by atoms with Gasteiger partial charge in [0.1, 0.15) is 0 Å². The van der Waals surface area contributed by atoms with Crippen LogP contribution in [0.5, 0.6) is 0 Å². The van der Waals surface area contributed by atoms with Crippen molar-refractivity contribution in [3.63, 3.8) is 0 Å². The van der Waals surface area contributed by atoms with Crippen LogP contribution in [0.2, 0.25) is 0 Å². The molecular weight excluding hydrogens is 276 g/mol. The van der Waals surface area contributed by atoms with E-state index in [2.05, 4.69) is 19.9 Å². The Morgan fingerprint density at radius 2 is 1.68 bits per heavy atom. The van der Waals surface area contributed by atoms with E-state index >= 15 is 0 Å². The van der Waals surface area contributed by atoms with E-state index in [-0.39, 0.29) is 11.8 Å². The monoisotopic (exact) mass is 302 g/mol. The minimum absolute atomic E-state index is 0.0867. The van der Waals surface area contributed by atoms with Crippen LogP contribution in [0.25, 0.3) is 0 Å². The van der Waals surface area contributed by atoms with Crippen molar-refractivity contribution < 1.29 is 9.59 Å². The summed E-state index contributed by atoms with van der Waals surface area (Å²) in [7, 11) is 0. The molecule has 0 atom stereocenters.